The van der Waals surface area contributed by atoms with Crippen LogP contribution in [-0.2, 0) is 9.09 Å². The summed E-state index contributed by atoms with van der Waals surface area (Å²) in [6.45, 7) is 0. The van der Waals surface area contributed by atoms with Gasteiger partial charge in [0.25, 0.3) is 0 Å². The quantitative estimate of drug-likeness (QED) is 0.672. The van der Waals surface area contributed by atoms with Crippen molar-refractivity contribution in [3.63, 3.8) is 0 Å². The van der Waals surface area contributed by atoms with Crippen LogP contribution in [0.4, 0.5) is 0 Å². The molecule has 1 aromatic carbocycles. The van der Waals surface area contributed by atoms with Crippen molar-refractivity contribution >= 4 is 13.3 Å². The van der Waals surface area contributed by atoms with E-state index in [0.717, 1.165) is 5.75 Å². The zero-order valence-electron chi connectivity index (χ0n) is 6.98. The van der Waals surface area contributed by atoms with Crippen molar-refractivity contribution in [3.8, 4) is 5.75 Å². The fourth-order valence-corrected chi connectivity index (χ4v) is 1.41. The zero-order chi connectivity index (χ0) is 8.97. The van der Waals surface area contributed by atoms with Crippen molar-refractivity contribution in [2.24, 2.45) is 0 Å². The third-order valence-electron chi connectivity index (χ3n) is 1.45. The zero-order valence-corrected chi connectivity index (χ0v) is 7.88. The van der Waals surface area contributed by atoms with E-state index in [4.69, 9.17) is 4.74 Å². The highest BCUT2D eigenvalue weighted by molar-refractivity contribution is 7.48. The van der Waals surface area contributed by atoms with Crippen molar-refractivity contribution < 1.29 is 13.8 Å². The van der Waals surface area contributed by atoms with Gasteiger partial charge >= 0.3 is 8.03 Å². The molecule has 0 aromatic heterocycles. The molecule has 0 saturated carbocycles. The van der Waals surface area contributed by atoms with E-state index in [1.54, 1.807) is 31.4 Å². The average Bonchev–Trinajstić information content (AvgIpc) is 2.17. The number of hydrogen-bond donors (Lipinski definition) is 0. The predicted molar refractivity (Wildman–Crippen MR) is 47.2 cm³/mol. The lowest BCUT2D eigenvalue weighted by Crippen LogP contribution is -1.96. The third-order valence-corrected chi connectivity index (χ3v) is 2.50. The summed E-state index contributed by atoms with van der Waals surface area (Å²) in [5, 5.41) is 0.674. The lowest BCUT2D eigenvalue weighted by atomic mass is 10.3. The maximum atomic E-state index is 11.1. The van der Waals surface area contributed by atoms with Crippen LogP contribution in [-0.4, -0.2) is 14.2 Å². The Morgan fingerprint density at radius 1 is 1.17 bits per heavy atom. The van der Waals surface area contributed by atoms with Gasteiger partial charge in [-0.2, -0.15) is 0 Å². The molecule has 0 amide bonds. The highest BCUT2D eigenvalue weighted by atomic mass is 31.1. The fourth-order valence-electron chi connectivity index (χ4n) is 0.809. The molecule has 0 bridgehead atoms. The Morgan fingerprint density at radius 3 is 2.17 bits per heavy atom. The van der Waals surface area contributed by atoms with Gasteiger partial charge in [0, 0.05) is 0 Å². The first kappa shape index (κ1) is 9.17. The minimum absolute atomic E-state index is 0.674. The number of ether oxygens (including phenoxy) is 1. The lowest BCUT2D eigenvalue weighted by molar-refractivity contribution is 0.414. The van der Waals surface area contributed by atoms with Gasteiger partial charge in [-0.1, -0.05) is 0 Å². The molecule has 0 radical (unpaired) electrons. The fraction of sp³-hybridized carbons (Fsp3) is 0.250. The molecule has 64 valence electrons. The molecule has 12 heavy (non-hydrogen) atoms. The largest absolute Gasteiger partial charge is 0.548 e. The van der Waals surface area contributed by atoms with Crippen LogP contribution in [0.5, 0.6) is 5.75 Å². The lowest BCUT2D eigenvalue weighted by Gasteiger charge is -1.95. The molecule has 1 atom stereocenters. The Labute approximate surface area is 72.2 Å². The first-order chi connectivity index (χ1) is 5.77. The monoisotopic (exact) mass is 185 g/mol. The Kier molecular flexibility index (Phi) is 3.20. The molecule has 3 nitrogen and oxygen atoms in total. The molecular weight excluding hydrogens is 175 g/mol. The predicted octanol–water partition coefficient (Wildman–Crippen LogP) is 1.71. The second kappa shape index (κ2) is 4.19. The van der Waals surface area contributed by atoms with Crippen LogP contribution in [0.2, 0.25) is 0 Å². The smallest absolute Gasteiger partial charge is 0.497 e. The maximum Gasteiger partial charge on any atom is 0.548 e. The normalized spacial score (nSPS) is 11.0. The van der Waals surface area contributed by atoms with Gasteiger partial charge in [-0.05, 0) is 28.8 Å². The molecule has 0 N–H and O–H groups in total. The first-order valence-corrected chi connectivity index (χ1v) is 4.61. The van der Waals surface area contributed by atoms with Gasteiger partial charge in [0.2, 0.25) is 5.30 Å². The molecule has 0 heterocycles. The number of benzene rings is 1. The van der Waals surface area contributed by atoms with Crippen LogP contribution in [0.25, 0.3) is 0 Å². The highest BCUT2D eigenvalue weighted by Gasteiger charge is 2.18. The molecule has 4 heteroatoms. The summed E-state index contributed by atoms with van der Waals surface area (Å²) in [7, 11) is 1.31. The van der Waals surface area contributed by atoms with Crippen LogP contribution in [0.1, 0.15) is 0 Å². The van der Waals surface area contributed by atoms with Gasteiger partial charge in [0.05, 0.1) is 14.2 Å². The first-order valence-electron chi connectivity index (χ1n) is 3.43. The van der Waals surface area contributed by atoms with Gasteiger partial charge in [0.15, 0.2) is 0 Å². The SMILES string of the molecule is COc1ccc([P+](=O)OC)cc1. The van der Waals surface area contributed by atoms with E-state index in [9.17, 15) is 4.57 Å². The van der Waals surface area contributed by atoms with E-state index in [1.165, 1.54) is 7.11 Å². The minimum atomic E-state index is -1.70. The van der Waals surface area contributed by atoms with Crippen LogP contribution in [0.15, 0.2) is 24.3 Å². The van der Waals surface area contributed by atoms with E-state index in [-0.39, 0.29) is 0 Å². The molecule has 0 fully saturated rings. The summed E-state index contributed by atoms with van der Waals surface area (Å²) in [6.07, 6.45) is 0. The van der Waals surface area contributed by atoms with Crippen molar-refractivity contribution in [2.75, 3.05) is 14.2 Å². The van der Waals surface area contributed by atoms with E-state index < -0.39 is 8.03 Å². The third kappa shape index (κ3) is 2.03. The van der Waals surface area contributed by atoms with E-state index in [1.807, 2.05) is 0 Å². The average molecular weight is 185 g/mol. The Hall–Kier alpha value is -0.920. The van der Waals surface area contributed by atoms with Crippen molar-refractivity contribution in [3.05, 3.63) is 24.3 Å². The molecule has 0 saturated heterocycles. The Morgan fingerprint density at radius 2 is 1.75 bits per heavy atom. The molecule has 1 unspecified atom stereocenters. The van der Waals surface area contributed by atoms with Crippen molar-refractivity contribution in [1.29, 1.82) is 0 Å². The maximum absolute atomic E-state index is 11.1. The summed E-state index contributed by atoms with van der Waals surface area (Å²) in [4.78, 5) is 0. The summed E-state index contributed by atoms with van der Waals surface area (Å²) in [5.41, 5.74) is 0. The van der Waals surface area contributed by atoms with Gasteiger partial charge in [0.1, 0.15) is 5.75 Å². The van der Waals surface area contributed by atoms with Crippen molar-refractivity contribution in [2.45, 2.75) is 0 Å². The van der Waals surface area contributed by atoms with Gasteiger partial charge in [-0.3, -0.25) is 0 Å². The van der Waals surface area contributed by atoms with E-state index in [2.05, 4.69) is 4.52 Å². The summed E-state index contributed by atoms with van der Waals surface area (Å²) >= 11 is 0. The summed E-state index contributed by atoms with van der Waals surface area (Å²) in [5.74, 6) is 0.748. The van der Waals surface area contributed by atoms with E-state index >= 15 is 0 Å². The number of methoxy groups -OCH3 is 1. The number of hydrogen-bond acceptors (Lipinski definition) is 3. The van der Waals surface area contributed by atoms with Crippen LogP contribution >= 0.6 is 8.03 Å². The molecule has 0 aliphatic carbocycles. The summed E-state index contributed by atoms with van der Waals surface area (Å²) < 4.78 is 20.7. The van der Waals surface area contributed by atoms with Gasteiger partial charge in [-0.25, -0.2) is 0 Å². The molecule has 1 rings (SSSR count). The molecule has 0 aliphatic heterocycles. The highest BCUT2D eigenvalue weighted by Crippen LogP contribution is 2.20. The van der Waals surface area contributed by atoms with Crippen LogP contribution in [0.3, 0.4) is 0 Å². The Bertz CT molecular complexity index is 268. The molecule has 0 aliphatic rings. The van der Waals surface area contributed by atoms with E-state index in [0.29, 0.717) is 5.30 Å². The summed E-state index contributed by atoms with van der Waals surface area (Å²) in [6, 6.07) is 6.95. The molecule has 0 spiro atoms. The van der Waals surface area contributed by atoms with Crippen LogP contribution < -0.4 is 10.0 Å². The second-order valence-corrected chi connectivity index (χ2v) is 3.53. The van der Waals surface area contributed by atoms with Crippen molar-refractivity contribution in [1.82, 2.24) is 0 Å². The van der Waals surface area contributed by atoms with Crippen LogP contribution in [0, 0.1) is 0 Å². The topological polar surface area (TPSA) is 35.5 Å². The molecule has 1 aromatic rings. The second-order valence-electron chi connectivity index (χ2n) is 2.14. The number of rotatable bonds is 3. The van der Waals surface area contributed by atoms with Gasteiger partial charge in [-0.15, -0.1) is 4.52 Å². The molecular formula is C8H10O3P+. The Balaban J connectivity index is 2.84. The minimum Gasteiger partial charge on any atom is -0.497 e. The standard InChI is InChI=1S/C8H10O3P/c1-10-7-3-5-8(6-4-7)12(9)11-2/h3-6H,1-2H3/q+1. The van der Waals surface area contributed by atoms with Gasteiger partial charge < -0.3 is 4.74 Å².